The van der Waals surface area contributed by atoms with Crippen molar-refractivity contribution in [2.75, 3.05) is 11.9 Å². The molecule has 2 N–H and O–H groups in total. The molecule has 3 rings (SSSR count). The minimum atomic E-state index is -4.45. The summed E-state index contributed by atoms with van der Waals surface area (Å²) in [7, 11) is 0. The van der Waals surface area contributed by atoms with Gasteiger partial charge in [-0.25, -0.2) is 0 Å². The lowest BCUT2D eigenvalue weighted by atomic mass is 9.90. The van der Waals surface area contributed by atoms with Crippen LogP contribution in [0.1, 0.15) is 22.6 Å². The number of hydrogen-bond donors (Lipinski definition) is 2. The molecule has 0 unspecified atom stereocenters. The van der Waals surface area contributed by atoms with Gasteiger partial charge in [0.05, 0.1) is 12.3 Å². The predicted octanol–water partition coefficient (Wildman–Crippen LogP) is 4.68. The van der Waals surface area contributed by atoms with Gasteiger partial charge in [0.15, 0.2) is 0 Å². The van der Waals surface area contributed by atoms with Crippen LogP contribution in [0.5, 0.6) is 0 Å². The molecule has 0 aliphatic carbocycles. The van der Waals surface area contributed by atoms with Gasteiger partial charge in [-0.1, -0.05) is 72.8 Å². The van der Waals surface area contributed by atoms with Crippen molar-refractivity contribution in [3.63, 3.8) is 0 Å². The van der Waals surface area contributed by atoms with Crippen LogP contribution in [0.2, 0.25) is 0 Å². The van der Waals surface area contributed by atoms with Crippen molar-refractivity contribution in [1.82, 2.24) is 5.32 Å². The normalized spacial score (nSPS) is 11.2. The summed E-state index contributed by atoms with van der Waals surface area (Å²) >= 11 is 0. The summed E-state index contributed by atoms with van der Waals surface area (Å²) in [6.07, 6.45) is -4.63. The van der Waals surface area contributed by atoms with Crippen LogP contribution in [-0.4, -0.2) is 24.5 Å². The molecule has 0 aliphatic heterocycles. The topological polar surface area (TPSA) is 58.2 Å². The lowest BCUT2D eigenvalue weighted by Gasteiger charge is -2.18. The maximum atomic E-state index is 13.1. The number of benzene rings is 3. The molecular weight excluding hydrogens is 405 g/mol. The molecule has 31 heavy (non-hydrogen) atoms. The molecule has 7 heteroatoms. The highest BCUT2D eigenvalue weighted by Gasteiger charge is 2.27. The van der Waals surface area contributed by atoms with Crippen molar-refractivity contribution >= 4 is 17.5 Å². The van der Waals surface area contributed by atoms with Gasteiger partial charge < -0.3 is 10.6 Å². The van der Waals surface area contributed by atoms with Crippen LogP contribution < -0.4 is 10.6 Å². The summed E-state index contributed by atoms with van der Waals surface area (Å²) in [6, 6.07) is 25.3. The van der Waals surface area contributed by atoms with E-state index < -0.39 is 24.5 Å². The molecular formula is C24H21F3N2O2. The van der Waals surface area contributed by atoms with E-state index in [-0.39, 0.29) is 12.3 Å². The number of rotatable bonds is 7. The van der Waals surface area contributed by atoms with Crippen molar-refractivity contribution in [2.45, 2.75) is 18.5 Å². The smallest absolute Gasteiger partial charge is 0.347 e. The first-order valence-electron chi connectivity index (χ1n) is 9.65. The molecule has 2 amide bonds. The molecule has 0 saturated carbocycles. The second-order valence-electron chi connectivity index (χ2n) is 7.01. The highest BCUT2D eigenvalue weighted by Crippen LogP contribution is 2.26. The van der Waals surface area contributed by atoms with Gasteiger partial charge in [0.1, 0.15) is 6.54 Å². The largest absolute Gasteiger partial charge is 0.405 e. The van der Waals surface area contributed by atoms with E-state index in [1.807, 2.05) is 66.0 Å². The summed E-state index contributed by atoms with van der Waals surface area (Å²) in [6.45, 7) is -1.36. The quantitative estimate of drug-likeness (QED) is 0.577. The lowest BCUT2D eigenvalue weighted by molar-refractivity contribution is -0.138. The summed E-state index contributed by atoms with van der Waals surface area (Å²) in [5.41, 5.74) is 2.77. The standard InChI is InChI=1S/C24H21F3N2O2/c25-24(26,27)16-28-21(30)15-17-11-13-20(14-12-17)29-23(31)22(18-7-3-1-4-8-18)19-9-5-2-6-10-19/h1-14,22H,15-16H2,(H,28,30)(H,29,31). The fraction of sp³-hybridized carbons (Fsp3) is 0.167. The zero-order valence-electron chi connectivity index (χ0n) is 16.5. The van der Waals surface area contributed by atoms with Gasteiger partial charge in [0.25, 0.3) is 0 Å². The highest BCUT2D eigenvalue weighted by molar-refractivity contribution is 5.98. The zero-order valence-corrected chi connectivity index (χ0v) is 16.5. The van der Waals surface area contributed by atoms with Crippen molar-refractivity contribution in [2.24, 2.45) is 0 Å². The molecule has 0 aliphatic rings. The number of anilines is 1. The number of nitrogens with one attached hydrogen (secondary N) is 2. The Morgan fingerprint density at radius 3 is 1.77 bits per heavy atom. The molecule has 0 spiro atoms. The number of halogens is 3. The van der Waals surface area contributed by atoms with Crippen molar-refractivity contribution in [3.8, 4) is 0 Å². The molecule has 0 fully saturated rings. The van der Waals surface area contributed by atoms with Crippen molar-refractivity contribution in [1.29, 1.82) is 0 Å². The van der Waals surface area contributed by atoms with E-state index in [1.165, 1.54) is 0 Å². The number of carbonyl (C=O) groups is 2. The molecule has 0 atom stereocenters. The molecule has 160 valence electrons. The summed E-state index contributed by atoms with van der Waals surface area (Å²) in [5, 5.41) is 4.71. The molecule has 0 aromatic heterocycles. The van der Waals surface area contributed by atoms with E-state index in [1.54, 1.807) is 24.3 Å². The van der Waals surface area contributed by atoms with E-state index in [4.69, 9.17) is 0 Å². The Bertz CT molecular complexity index is 965. The fourth-order valence-electron chi connectivity index (χ4n) is 3.15. The van der Waals surface area contributed by atoms with Crippen molar-refractivity contribution < 1.29 is 22.8 Å². The fourth-order valence-corrected chi connectivity index (χ4v) is 3.15. The SMILES string of the molecule is O=C(Cc1ccc(NC(=O)C(c2ccccc2)c2ccccc2)cc1)NCC(F)(F)F. The van der Waals surface area contributed by atoms with Gasteiger partial charge in [-0.2, -0.15) is 13.2 Å². The molecule has 3 aromatic rings. The molecule has 4 nitrogen and oxygen atoms in total. The van der Waals surface area contributed by atoms with E-state index in [2.05, 4.69) is 5.32 Å². The van der Waals surface area contributed by atoms with E-state index in [0.717, 1.165) is 11.1 Å². The van der Waals surface area contributed by atoms with E-state index in [0.29, 0.717) is 11.3 Å². The van der Waals surface area contributed by atoms with Crippen LogP contribution in [0, 0.1) is 0 Å². The van der Waals surface area contributed by atoms with Gasteiger partial charge >= 0.3 is 6.18 Å². The number of hydrogen-bond acceptors (Lipinski definition) is 2. The van der Waals surface area contributed by atoms with E-state index in [9.17, 15) is 22.8 Å². The maximum absolute atomic E-state index is 13.1. The van der Waals surface area contributed by atoms with Crippen LogP contribution in [0.25, 0.3) is 0 Å². The minimum Gasteiger partial charge on any atom is -0.347 e. The Morgan fingerprint density at radius 1 is 0.774 bits per heavy atom. The van der Waals surface area contributed by atoms with Gasteiger partial charge in [0, 0.05) is 5.69 Å². The lowest BCUT2D eigenvalue weighted by Crippen LogP contribution is -2.34. The predicted molar refractivity (Wildman–Crippen MR) is 113 cm³/mol. The Labute approximate surface area is 178 Å². The second-order valence-corrected chi connectivity index (χ2v) is 7.01. The summed E-state index contributed by atoms with van der Waals surface area (Å²) in [4.78, 5) is 24.7. The molecule has 0 saturated heterocycles. The Kier molecular flexibility index (Phi) is 7.07. The van der Waals surface area contributed by atoms with Crippen LogP contribution in [0.3, 0.4) is 0 Å². The maximum Gasteiger partial charge on any atom is 0.405 e. The van der Waals surface area contributed by atoms with Crippen LogP contribution >= 0.6 is 0 Å². The van der Waals surface area contributed by atoms with Crippen LogP contribution in [0.15, 0.2) is 84.9 Å². The monoisotopic (exact) mass is 426 g/mol. The summed E-state index contributed by atoms with van der Waals surface area (Å²) in [5.74, 6) is -1.44. The first-order chi connectivity index (χ1) is 14.8. The average molecular weight is 426 g/mol. The van der Waals surface area contributed by atoms with Crippen molar-refractivity contribution in [3.05, 3.63) is 102 Å². The van der Waals surface area contributed by atoms with Gasteiger partial charge in [-0.3, -0.25) is 9.59 Å². The summed E-state index contributed by atoms with van der Waals surface area (Å²) < 4.78 is 36.6. The first kappa shape index (κ1) is 22.1. The molecule has 0 heterocycles. The number of amides is 2. The van der Waals surface area contributed by atoms with Gasteiger partial charge in [-0.05, 0) is 28.8 Å². The molecule has 0 radical (unpaired) electrons. The highest BCUT2D eigenvalue weighted by atomic mass is 19.4. The first-order valence-corrected chi connectivity index (χ1v) is 9.65. The number of carbonyl (C=O) groups excluding carboxylic acids is 2. The van der Waals surface area contributed by atoms with E-state index >= 15 is 0 Å². The average Bonchev–Trinajstić information content (AvgIpc) is 2.75. The Hall–Kier alpha value is -3.61. The van der Waals surface area contributed by atoms with Crippen LogP contribution in [-0.2, 0) is 16.0 Å². The number of alkyl halides is 3. The molecule has 3 aromatic carbocycles. The van der Waals surface area contributed by atoms with Gasteiger partial charge in [0.2, 0.25) is 11.8 Å². The third-order valence-corrected chi connectivity index (χ3v) is 4.60. The van der Waals surface area contributed by atoms with Gasteiger partial charge in [-0.15, -0.1) is 0 Å². The molecule has 0 bridgehead atoms. The van der Waals surface area contributed by atoms with Crippen LogP contribution in [0.4, 0.5) is 18.9 Å². The third kappa shape index (κ3) is 6.70. The zero-order chi connectivity index (χ0) is 22.3. The minimum absolute atomic E-state index is 0.180. The Balaban J connectivity index is 1.68. The Morgan fingerprint density at radius 2 is 1.29 bits per heavy atom. The third-order valence-electron chi connectivity index (χ3n) is 4.60. The second kappa shape index (κ2) is 9.93.